The van der Waals surface area contributed by atoms with Gasteiger partial charge < -0.3 is 30.7 Å². The number of rotatable bonds is 11. The minimum absolute atomic E-state index is 0.0552. The molecule has 4 atom stereocenters. The summed E-state index contributed by atoms with van der Waals surface area (Å²) in [5.74, 6) is -0.00462. The minimum Gasteiger partial charge on any atom is -0.390 e. The molecule has 8 nitrogen and oxygen atoms in total. The van der Waals surface area contributed by atoms with Gasteiger partial charge >= 0.3 is 0 Å². The highest BCUT2D eigenvalue weighted by atomic mass is 35.5. The first-order valence-corrected chi connectivity index (χ1v) is 14.4. The highest BCUT2D eigenvalue weighted by Crippen LogP contribution is 2.41. The highest BCUT2D eigenvalue weighted by molar-refractivity contribution is 6.28. The number of nitrogens with zero attached hydrogens (tertiary/aromatic N) is 4. The number of hydrogen-bond acceptors (Lipinski definition) is 7. The van der Waals surface area contributed by atoms with Gasteiger partial charge in [-0.15, -0.1) is 0 Å². The van der Waals surface area contributed by atoms with E-state index in [1.54, 1.807) is 0 Å². The number of aromatic nitrogens is 3. The van der Waals surface area contributed by atoms with Crippen LogP contribution in [0.3, 0.4) is 0 Å². The predicted octanol–water partition coefficient (Wildman–Crippen LogP) is 3.98. The molecule has 0 radical (unpaired) electrons. The lowest BCUT2D eigenvalue weighted by Crippen LogP contribution is -2.35. The topological polar surface area (TPSA) is 112 Å². The van der Waals surface area contributed by atoms with E-state index in [1.807, 2.05) is 29.9 Å². The molecule has 1 saturated carbocycles. The first-order valence-electron chi connectivity index (χ1n) is 14.0. The van der Waals surface area contributed by atoms with Gasteiger partial charge in [-0.05, 0) is 93.7 Å². The fraction of sp³-hybridized carbons (Fsp3) is 0.467. The van der Waals surface area contributed by atoms with Crippen LogP contribution >= 0.6 is 11.6 Å². The van der Waals surface area contributed by atoms with Gasteiger partial charge in [0.05, 0.1) is 17.5 Å². The molecule has 0 bridgehead atoms. The Bertz CT molecular complexity index is 1370. The Morgan fingerprint density at radius 3 is 2.70 bits per heavy atom. The third-order valence-corrected chi connectivity index (χ3v) is 8.22. The van der Waals surface area contributed by atoms with Crippen molar-refractivity contribution in [2.45, 2.75) is 50.4 Å². The van der Waals surface area contributed by atoms with Gasteiger partial charge in [0.15, 0.2) is 0 Å². The maximum atomic E-state index is 13.0. The van der Waals surface area contributed by atoms with Crippen molar-refractivity contribution in [1.82, 2.24) is 24.8 Å². The number of fused-ring (bicyclic) bond motifs is 1. The quantitative estimate of drug-likeness (QED) is 0.204. The molecule has 2 aromatic heterocycles. The maximum absolute atomic E-state index is 13.0. The summed E-state index contributed by atoms with van der Waals surface area (Å²) < 4.78 is 15.0. The summed E-state index contributed by atoms with van der Waals surface area (Å²) in [5, 5.41) is 26.4. The van der Waals surface area contributed by atoms with Crippen molar-refractivity contribution in [3.05, 3.63) is 70.9 Å². The summed E-state index contributed by atoms with van der Waals surface area (Å²) >= 11 is 6.20. The number of aliphatic hydroxyl groups excluding tert-OH is 2. The van der Waals surface area contributed by atoms with Crippen LogP contribution in [0.1, 0.15) is 42.9 Å². The van der Waals surface area contributed by atoms with Crippen LogP contribution < -0.4 is 11.1 Å². The molecule has 10 heteroatoms. The summed E-state index contributed by atoms with van der Waals surface area (Å²) in [6, 6.07) is 6.25. The van der Waals surface area contributed by atoms with E-state index in [0.29, 0.717) is 24.4 Å². The van der Waals surface area contributed by atoms with E-state index >= 15 is 0 Å². The number of nitrogens with two attached hydrogens (primary N) is 1. The maximum Gasteiger partial charge on any atom is 0.226 e. The summed E-state index contributed by atoms with van der Waals surface area (Å²) in [4.78, 5) is 10.9. The van der Waals surface area contributed by atoms with Gasteiger partial charge in [-0.3, -0.25) is 0 Å². The van der Waals surface area contributed by atoms with E-state index in [4.69, 9.17) is 17.3 Å². The molecule has 1 fully saturated rings. The molecule has 3 aromatic rings. The normalized spacial score (nSPS) is 22.9. The minimum atomic E-state index is -0.944. The molecular weight excluding hydrogens is 531 g/mol. The summed E-state index contributed by atoms with van der Waals surface area (Å²) in [7, 11) is 2.05. The molecule has 214 valence electrons. The summed E-state index contributed by atoms with van der Waals surface area (Å²) in [5.41, 5.74) is 9.95. The molecule has 5 rings (SSSR count). The molecular formula is C30H38ClFN6O2. The molecule has 0 amide bonds. The van der Waals surface area contributed by atoms with Gasteiger partial charge in [0.25, 0.3) is 0 Å². The van der Waals surface area contributed by atoms with Gasteiger partial charge in [-0.25, -0.2) is 9.37 Å². The zero-order chi connectivity index (χ0) is 28.2. The van der Waals surface area contributed by atoms with E-state index in [-0.39, 0.29) is 23.1 Å². The molecule has 2 aliphatic carbocycles. The number of benzene rings is 1. The third kappa shape index (κ3) is 6.39. The molecule has 0 saturated heterocycles. The lowest BCUT2D eigenvalue weighted by atomic mass is 10.00. The fourth-order valence-electron chi connectivity index (χ4n) is 5.96. The monoisotopic (exact) mass is 568 g/mol. The van der Waals surface area contributed by atoms with E-state index in [0.717, 1.165) is 67.4 Å². The second-order valence-corrected chi connectivity index (χ2v) is 11.3. The standard InChI is InChI=1S/C30H38ClFN6O2/c1-37(15-5-13-34-14-12-19-8-10-22(32)11-9-19)17-21-16-24(27(40)26(21)39)38-18-23(20-6-3-2-4-7-20)25-28(33)35-30(31)36-29(25)38/h3,6-11,18,21,24,26-27,34,39-40H,2,4-5,12-17H2,1H3,(H2,33,35,36)/t21-,24-,26-,27+/m1/s1. The first kappa shape index (κ1) is 28.7. The molecule has 0 spiro atoms. The Kier molecular flexibility index (Phi) is 9.17. The Hall–Kier alpha value is -2.82. The molecule has 1 aromatic carbocycles. The molecule has 5 N–H and O–H groups in total. The lowest BCUT2D eigenvalue weighted by Gasteiger charge is -2.23. The van der Waals surface area contributed by atoms with E-state index in [1.165, 1.54) is 12.1 Å². The second-order valence-electron chi connectivity index (χ2n) is 11.0. The van der Waals surface area contributed by atoms with Gasteiger partial charge in [0.2, 0.25) is 5.28 Å². The van der Waals surface area contributed by atoms with Crippen LogP contribution in [0, 0.1) is 11.7 Å². The molecule has 0 unspecified atom stereocenters. The number of nitrogen functional groups attached to an aromatic ring is 1. The highest BCUT2D eigenvalue weighted by Gasteiger charge is 2.43. The van der Waals surface area contributed by atoms with Crippen molar-refractivity contribution in [1.29, 1.82) is 0 Å². The smallest absolute Gasteiger partial charge is 0.226 e. The second kappa shape index (κ2) is 12.8. The van der Waals surface area contributed by atoms with Crippen LogP contribution in [-0.2, 0) is 6.42 Å². The summed E-state index contributed by atoms with van der Waals surface area (Å²) in [6.45, 7) is 3.24. The van der Waals surface area contributed by atoms with Crippen molar-refractivity contribution < 1.29 is 14.6 Å². The van der Waals surface area contributed by atoms with Crippen molar-refractivity contribution in [3.8, 4) is 0 Å². The number of aliphatic hydroxyl groups is 2. The average molecular weight is 569 g/mol. The zero-order valence-electron chi connectivity index (χ0n) is 22.8. The molecule has 2 aliphatic rings. The zero-order valence-corrected chi connectivity index (χ0v) is 23.6. The van der Waals surface area contributed by atoms with Gasteiger partial charge in [0, 0.05) is 24.2 Å². The van der Waals surface area contributed by atoms with Crippen LogP contribution in [-0.4, -0.2) is 75.1 Å². The van der Waals surface area contributed by atoms with Gasteiger partial charge in [-0.1, -0.05) is 30.4 Å². The van der Waals surface area contributed by atoms with Crippen LogP contribution in [0.4, 0.5) is 10.2 Å². The first-order chi connectivity index (χ1) is 19.3. The molecule has 40 heavy (non-hydrogen) atoms. The third-order valence-electron chi connectivity index (χ3n) is 8.05. The van der Waals surface area contributed by atoms with Crippen LogP contribution in [0.15, 0.2) is 48.7 Å². The fourth-order valence-corrected chi connectivity index (χ4v) is 6.13. The lowest BCUT2D eigenvalue weighted by molar-refractivity contribution is 0.00169. The number of hydrogen-bond donors (Lipinski definition) is 4. The number of allylic oxidation sites excluding steroid dienone is 4. The van der Waals surface area contributed by atoms with Crippen LogP contribution in [0.2, 0.25) is 5.28 Å². The van der Waals surface area contributed by atoms with E-state index < -0.39 is 12.2 Å². The van der Waals surface area contributed by atoms with E-state index in [9.17, 15) is 14.6 Å². The Labute approximate surface area is 239 Å². The summed E-state index contributed by atoms with van der Waals surface area (Å²) in [6.07, 6.45) is 10.9. The van der Waals surface area contributed by atoms with Crippen LogP contribution in [0.25, 0.3) is 16.6 Å². The predicted molar refractivity (Wildman–Crippen MR) is 158 cm³/mol. The van der Waals surface area contributed by atoms with Crippen molar-refractivity contribution in [2.24, 2.45) is 5.92 Å². The Balaban J connectivity index is 1.19. The molecule has 2 heterocycles. The Morgan fingerprint density at radius 1 is 1.15 bits per heavy atom. The SMILES string of the molecule is CN(CCCNCCc1ccc(F)cc1)C[C@H]1C[C@@H](n2cc(C3=CCCC=C3)c3c(N)nc(Cl)nc32)[C@H](O)[C@@H]1O. The largest absolute Gasteiger partial charge is 0.390 e. The Morgan fingerprint density at radius 2 is 1.95 bits per heavy atom. The number of halogens is 2. The van der Waals surface area contributed by atoms with Gasteiger partial charge in [0.1, 0.15) is 23.4 Å². The van der Waals surface area contributed by atoms with Crippen molar-refractivity contribution in [3.63, 3.8) is 0 Å². The molecule has 0 aliphatic heterocycles. The van der Waals surface area contributed by atoms with Crippen molar-refractivity contribution in [2.75, 3.05) is 39.0 Å². The van der Waals surface area contributed by atoms with Crippen LogP contribution in [0.5, 0.6) is 0 Å². The number of nitrogens with one attached hydrogen (secondary N) is 1. The van der Waals surface area contributed by atoms with E-state index in [2.05, 4.69) is 38.4 Å². The van der Waals surface area contributed by atoms with Gasteiger partial charge in [-0.2, -0.15) is 4.98 Å². The number of anilines is 1. The van der Waals surface area contributed by atoms with Crippen molar-refractivity contribution >= 4 is 34.0 Å². The average Bonchev–Trinajstić information content (AvgIpc) is 3.45.